The van der Waals surface area contributed by atoms with Crippen molar-refractivity contribution in [3.8, 4) is 0 Å². The van der Waals surface area contributed by atoms with Crippen molar-refractivity contribution in [3.05, 3.63) is 28.5 Å². The molecular formula is C10H13BrFNO3S. The van der Waals surface area contributed by atoms with E-state index in [-0.39, 0.29) is 15.5 Å². The molecular weight excluding hydrogens is 313 g/mol. The monoisotopic (exact) mass is 325 g/mol. The Labute approximate surface area is 108 Å². The van der Waals surface area contributed by atoms with Gasteiger partial charge < -0.3 is 0 Å². The summed E-state index contributed by atoms with van der Waals surface area (Å²) in [5.74, 6) is -0.515. The van der Waals surface area contributed by atoms with Gasteiger partial charge in [-0.1, -0.05) is 11.8 Å². The van der Waals surface area contributed by atoms with Crippen LogP contribution in [-0.2, 0) is 14.9 Å². The van der Waals surface area contributed by atoms with Crippen LogP contribution in [0.15, 0.2) is 27.6 Å². The predicted octanol–water partition coefficient (Wildman–Crippen LogP) is 2.60. The van der Waals surface area contributed by atoms with Gasteiger partial charge in [-0.25, -0.2) is 12.8 Å². The Morgan fingerprint density at radius 2 is 2.18 bits per heavy atom. The van der Waals surface area contributed by atoms with Crippen molar-refractivity contribution in [2.75, 3.05) is 0 Å². The van der Waals surface area contributed by atoms with Gasteiger partial charge in [0.2, 0.25) is 0 Å². The second kappa shape index (κ2) is 5.90. The van der Waals surface area contributed by atoms with E-state index in [1.54, 1.807) is 6.92 Å². The summed E-state index contributed by atoms with van der Waals surface area (Å²) in [7, 11) is -3.80. The minimum atomic E-state index is -3.80. The molecule has 1 aromatic carbocycles. The van der Waals surface area contributed by atoms with E-state index in [0.717, 1.165) is 12.1 Å². The molecule has 0 aromatic heterocycles. The Hall–Kier alpha value is -0.500. The molecule has 96 valence electrons. The van der Waals surface area contributed by atoms with Crippen LogP contribution in [0.3, 0.4) is 0 Å². The molecule has 0 bridgehead atoms. The van der Waals surface area contributed by atoms with Crippen LogP contribution in [0.4, 0.5) is 4.39 Å². The molecule has 0 amide bonds. The zero-order chi connectivity index (χ0) is 13.1. The molecule has 4 nitrogen and oxygen atoms in total. The average Bonchev–Trinajstić information content (AvgIpc) is 2.25. The van der Waals surface area contributed by atoms with E-state index in [9.17, 15) is 12.8 Å². The van der Waals surface area contributed by atoms with E-state index in [1.807, 2.05) is 11.8 Å². The van der Waals surface area contributed by atoms with Crippen molar-refractivity contribution in [3.63, 3.8) is 0 Å². The van der Waals surface area contributed by atoms with E-state index < -0.39 is 15.8 Å². The van der Waals surface area contributed by atoms with E-state index in [4.69, 9.17) is 4.84 Å². The molecule has 0 aliphatic carbocycles. The van der Waals surface area contributed by atoms with Crippen LogP contribution in [0, 0.1) is 5.82 Å². The Morgan fingerprint density at radius 1 is 1.53 bits per heavy atom. The van der Waals surface area contributed by atoms with Crippen LogP contribution in [-0.4, -0.2) is 14.5 Å². The van der Waals surface area contributed by atoms with E-state index in [1.165, 1.54) is 6.07 Å². The Balaban J connectivity index is 2.90. The molecule has 17 heavy (non-hydrogen) atoms. The van der Waals surface area contributed by atoms with Crippen molar-refractivity contribution in [1.29, 1.82) is 0 Å². The Kier molecular flexibility index (Phi) is 5.05. The number of halogens is 2. The van der Waals surface area contributed by atoms with Gasteiger partial charge in [0, 0.05) is 4.47 Å². The number of nitrogens with one attached hydrogen (secondary N) is 1. The molecule has 1 aromatic rings. The first-order chi connectivity index (χ1) is 7.86. The summed E-state index contributed by atoms with van der Waals surface area (Å²) in [4.78, 5) is 6.88. The van der Waals surface area contributed by atoms with Crippen LogP contribution < -0.4 is 4.89 Å². The molecule has 1 rings (SSSR count). The molecule has 0 aliphatic rings. The molecule has 0 fully saturated rings. The van der Waals surface area contributed by atoms with Gasteiger partial charge in [0.05, 0.1) is 11.0 Å². The highest BCUT2D eigenvalue weighted by Gasteiger charge is 2.19. The first-order valence-electron chi connectivity index (χ1n) is 4.99. The smallest absolute Gasteiger partial charge is 0.263 e. The fraction of sp³-hybridized carbons (Fsp3) is 0.400. The molecule has 0 saturated carbocycles. The summed E-state index contributed by atoms with van der Waals surface area (Å²) in [6.07, 6.45) is 0.441. The highest BCUT2D eigenvalue weighted by Crippen LogP contribution is 2.22. The topological polar surface area (TPSA) is 55.4 Å². The summed E-state index contributed by atoms with van der Waals surface area (Å²) in [6, 6.07) is 3.32. The predicted molar refractivity (Wildman–Crippen MR) is 65.3 cm³/mol. The van der Waals surface area contributed by atoms with E-state index >= 15 is 0 Å². The van der Waals surface area contributed by atoms with Gasteiger partial charge in [-0.15, -0.1) is 0 Å². The van der Waals surface area contributed by atoms with Crippen molar-refractivity contribution >= 4 is 26.0 Å². The van der Waals surface area contributed by atoms with Gasteiger partial charge in [0.1, 0.15) is 5.82 Å². The summed E-state index contributed by atoms with van der Waals surface area (Å²) >= 11 is 2.99. The summed E-state index contributed by atoms with van der Waals surface area (Å²) in [5.41, 5.74) is 0. The summed E-state index contributed by atoms with van der Waals surface area (Å²) in [5, 5.41) is 0. The number of hydrogen-bond donors (Lipinski definition) is 1. The van der Waals surface area contributed by atoms with Crippen LogP contribution in [0.1, 0.15) is 20.3 Å². The van der Waals surface area contributed by atoms with Gasteiger partial charge in [-0.2, -0.15) is 0 Å². The third-order valence-electron chi connectivity index (χ3n) is 2.12. The number of rotatable bonds is 5. The second-order valence-electron chi connectivity index (χ2n) is 3.50. The van der Waals surface area contributed by atoms with Gasteiger partial charge in [-0.3, -0.25) is 4.84 Å². The number of hydrogen-bond acceptors (Lipinski definition) is 3. The molecule has 0 heterocycles. The SMILES string of the molecule is CCC(C)ONS(=O)(=O)c1ccc(F)cc1Br. The van der Waals surface area contributed by atoms with Crippen molar-refractivity contribution < 1.29 is 17.6 Å². The van der Waals surface area contributed by atoms with Crippen LogP contribution in [0.2, 0.25) is 0 Å². The summed E-state index contributed by atoms with van der Waals surface area (Å²) < 4.78 is 36.6. The minimum absolute atomic E-state index is 0.0674. The lowest BCUT2D eigenvalue weighted by molar-refractivity contribution is 0.0272. The largest absolute Gasteiger partial charge is 0.284 e. The molecule has 0 radical (unpaired) electrons. The van der Waals surface area contributed by atoms with E-state index in [0.29, 0.717) is 6.42 Å². The third-order valence-corrected chi connectivity index (χ3v) is 4.29. The molecule has 0 aliphatic heterocycles. The molecule has 1 unspecified atom stereocenters. The van der Waals surface area contributed by atoms with Gasteiger partial charge in [0.15, 0.2) is 0 Å². The normalized spacial score (nSPS) is 13.6. The first-order valence-corrected chi connectivity index (χ1v) is 7.27. The lowest BCUT2D eigenvalue weighted by atomic mass is 10.3. The molecule has 0 spiro atoms. The van der Waals surface area contributed by atoms with Gasteiger partial charge in [0.25, 0.3) is 10.0 Å². The van der Waals surface area contributed by atoms with Crippen LogP contribution >= 0.6 is 15.9 Å². The quantitative estimate of drug-likeness (QED) is 0.846. The molecule has 0 saturated heterocycles. The van der Waals surface area contributed by atoms with Crippen LogP contribution in [0.5, 0.6) is 0 Å². The lowest BCUT2D eigenvalue weighted by Gasteiger charge is -2.12. The van der Waals surface area contributed by atoms with Gasteiger partial charge >= 0.3 is 0 Å². The zero-order valence-electron chi connectivity index (χ0n) is 9.41. The third kappa shape index (κ3) is 4.02. The highest BCUT2D eigenvalue weighted by molar-refractivity contribution is 9.10. The maximum atomic E-state index is 12.8. The van der Waals surface area contributed by atoms with Crippen molar-refractivity contribution in [2.24, 2.45) is 0 Å². The highest BCUT2D eigenvalue weighted by atomic mass is 79.9. The van der Waals surface area contributed by atoms with Gasteiger partial charge in [-0.05, 0) is 47.5 Å². The van der Waals surface area contributed by atoms with Crippen molar-refractivity contribution in [1.82, 2.24) is 4.89 Å². The second-order valence-corrected chi connectivity index (χ2v) is 5.97. The maximum Gasteiger partial charge on any atom is 0.263 e. The summed E-state index contributed by atoms with van der Waals surface area (Å²) in [6.45, 7) is 3.61. The first kappa shape index (κ1) is 14.6. The molecule has 7 heteroatoms. The number of benzene rings is 1. The Morgan fingerprint density at radius 3 is 2.71 bits per heavy atom. The Bertz CT molecular complexity index is 492. The minimum Gasteiger partial charge on any atom is -0.284 e. The molecule has 1 N–H and O–H groups in total. The zero-order valence-corrected chi connectivity index (χ0v) is 11.8. The van der Waals surface area contributed by atoms with Crippen LogP contribution in [0.25, 0.3) is 0 Å². The fourth-order valence-corrected chi connectivity index (χ4v) is 2.90. The molecule has 1 atom stereocenters. The lowest BCUT2D eigenvalue weighted by Crippen LogP contribution is -2.28. The van der Waals surface area contributed by atoms with Crippen molar-refractivity contribution in [2.45, 2.75) is 31.3 Å². The standard InChI is InChI=1S/C10H13BrFNO3S/c1-3-7(2)16-13-17(14,15)10-5-4-8(12)6-9(10)11/h4-7,13H,3H2,1-2H3. The maximum absolute atomic E-state index is 12.8. The van der Waals surface area contributed by atoms with E-state index in [2.05, 4.69) is 15.9 Å². The average molecular weight is 326 g/mol. The fourth-order valence-electron chi connectivity index (χ4n) is 0.967. The number of sulfonamides is 1.